The van der Waals surface area contributed by atoms with Gasteiger partial charge in [0, 0.05) is 18.5 Å². The number of hydrogen-bond donors (Lipinski definition) is 2. The molecule has 1 saturated carbocycles. The van der Waals surface area contributed by atoms with E-state index in [9.17, 15) is 4.79 Å². The summed E-state index contributed by atoms with van der Waals surface area (Å²) in [6, 6.07) is 13.7. The number of anilines is 1. The number of amides is 2. The minimum atomic E-state index is -0.132. The van der Waals surface area contributed by atoms with Crippen molar-refractivity contribution in [3.05, 3.63) is 42.5 Å². The number of aliphatic hydroxyl groups is 1. The normalized spacial score (nSPS) is 14.1. The summed E-state index contributed by atoms with van der Waals surface area (Å²) in [5, 5.41) is 14.2. The van der Waals surface area contributed by atoms with Crippen LogP contribution in [-0.4, -0.2) is 35.7 Å². The molecule has 21 heavy (non-hydrogen) atoms. The van der Waals surface area contributed by atoms with Gasteiger partial charge >= 0.3 is 6.03 Å². The van der Waals surface area contributed by atoms with E-state index in [1.54, 1.807) is 4.90 Å². The highest BCUT2D eigenvalue weighted by Crippen LogP contribution is 2.30. The monoisotopic (exact) mass is 284 g/mol. The smallest absolute Gasteiger partial charge is 0.321 e. The Morgan fingerprint density at radius 2 is 1.95 bits per heavy atom. The van der Waals surface area contributed by atoms with Gasteiger partial charge in [-0.3, -0.25) is 0 Å². The van der Waals surface area contributed by atoms with Gasteiger partial charge in [-0.05, 0) is 30.2 Å². The minimum Gasteiger partial charge on any atom is -0.395 e. The summed E-state index contributed by atoms with van der Waals surface area (Å²) >= 11 is 0. The van der Waals surface area contributed by atoms with Gasteiger partial charge in [-0.15, -0.1) is 0 Å². The van der Waals surface area contributed by atoms with Crippen LogP contribution in [0.4, 0.5) is 10.5 Å². The first kappa shape index (κ1) is 13.9. The average molecular weight is 284 g/mol. The molecule has 4 nitrogen and oxygen atoms in total. The van der Waals surface area contributed by atoms with Gasteiger partial charge in [-0.2, -0.15) is 0 Å². The third kappa shape index (κ3) is 3.34. The van der Waals surface area contributed by atoms with Crippen LogP contribution >= 0.6 is 0 Å². The first-order chi connectivity index (χ1) is 10.3. The Balaban J connectivity index is 1.77. The number of hydrogen-bond acceptors (Lipinski definition) is 2. The van der Waals surface area contributed by atoms with Gasteiger partial charge in [0.2, 0.25) is 0 Å². The quantitative estimate of drug-likeness (QED) is 0.886. The van der Waals surface area contributed by atoms with Gasteiger partial charge in [-0.25, -0.2) is 4.79 Å². The Hall–Kier alpha value is -2.07. The van der Waals surface area contributed by atoms with E-state index >= 15 is 0 Å². The van der Waals surface area contributed by atoms with Crippen LogP contribution in [0.15, 0.2) is 42.5 Å². The second kappa shape index (κ2) is 6.14. The van der Waals surface area contributed by atoms with Crippen molar-refractivity contribution in [3.63, 3.8) is 0 Å². The first-order valence-electron chi connectivity index (χ1n) is 7.42. The van der Waals surface area contributed by atoms with E-state index in [4.69, 9.17) is 5.11 Å². The molecule has 0 spiro atoms. The zero-order chi connectivity index (χ0) is 14.7. The first-order valence-corrected chi connectivity index (χ1v) is 7.42. The molecule has 4 heteroatoms. The van der Waals surface area contributed by atoms with Crippen LogP contribution in [-0.2, 0) is 0 Å². The summed E-state index contributed by atoms with van der Waals surface area (Å²) in [6.07, 6.45) is 2.37. The van der Waals surface area contributed by atoms with Crippen molar-refractivity contribution in [3.8, 4) is 0 Å². The molecule has 0 aromatic heterocycles. The fourth-order valence-electron chi connectivity index (χ4n) is 2.54. The predicted molar refractivity (Wildman–Crippen MR) is 84.3 cm³/mol. The zero-order valence-electron chi connectivity index (χ0n) is 12.0. The lowest BCUT2D eigenvalue weighted by atomic mass is 10.1. The molecule has 3 rings (SSSR count). The van der Waals surface area contributed by atoms with Crippen molar-refractivity contribution in [2.75, 3.05) is 25.0 Å². The average Bonchev–Trinajstić information content (AvgIpc) is 3.31. The van der Waals surface area contributed by atoms with Gasteiger partial charge in [-0.1, -0.05) is 36.4 Å². The van der Waals surface area contributed by atoms with Gasteiger partial charge < -0.3 is 15.3 Å². The number of fused-ring (bicyclic) bond motifs is 1. The molecule has 0 atom stereocenters. The predicted octanol–water partition coefficient (Wildman–Crippen LogP) is 3.08. The number of aliphatic hydroxyl groups excluding tert-OH is 1. The molecule has 2 amide bonds. The summed E-state index contributed by atoms with van der Waals surface area (Å²) < 4.78 is 0. The maximum absolute atomic E-state index is 12.4. The molecule has 2 aromatic carbocycles. The van der Waals surface area contributed by atoms with Crippen LogP contribution in [0.2, 0.25) is 0 Å². The fourth-order valence-corrected chi connectivity index (χ4v) is 2.54. The van der Waals surface area contributed by atoms with Crippen molar-refractivity contribution in [1.82, 2.24) is 4.90 Å². The van der Waals surface area contributed by atoms with Gasteiger partial charge in [0.25, 0.3) is 0 Å². The van der Waals surface area contributed by atoms with Crippen LogP contribution in [0, 0.1) is 5.92 Å². The lowest BCUT2D eigenvalue weighted by Crippen LogP contribution is -2.38. The van der Waals surface area contributed by atoms with E-state index in [0.717, 1.165) is 23.0 Å². The van der Waals surface area contributed by atoms with Crippen molar-refractivity contribution in [2.45, 2.75) is 12.8 Å². The SMILES string of the molecule is O=C(Nc1cccc2ccccc12)N(CCO)CC1CC1. The topological polar surface area (TPSA) is 52.6 Å². The van der Waals surface area contributed by atoms with E-state index in [1.165, 1.54) is 12.8 Å². The van der Waals surface area contributed by atoms with E-state index < -0.39 is 0 Å². The zero-order valence-corrected chi connectivity index (χ0v) is 12.0. The number of nitrogens with one attached hydrogen (secondary N) is 1. The largest absolute Gasteiger partial charge is 0.395 e. The fraction of sp³-hybridized carbons (Fsp3) is 0.353. The maximum Gasteiger partial charge on any atom is 0.321 e. The summed E-state index contributed by atoms with van der Waals surface area (Å²) in [5.41, 5.74) is 0.817. The van der Waals surface area contributed by atoms with Crippen LogP contribution in [0.3, 0.4) is 0 Å². The highest BCUT2D eigenvalue weighted by Gasteiger charge is 2.26. The number of benzene rings is 2. The molecule has 0 heterocycles. The van der Waals surface area contributed by atoms with E-state index in [1.807, 2.05) is 42.5 Å². The molecular weight excluding hydrogens is 264 g/mol. The van der Waals surface area contributed by atoms with Crippen molar-refractivity contribution in [2.24, 2.45) is 5.92 Å². The Bertz CT molecular complexity index is 632. The van der Waals surface area contributed by atoms with Crippen LogP contribution < -0.4 is 5.32 Å². The second-order valence-corrected chi connectivity index (χ2v) is 5.57. The van der Waals surface area contributed by atoms with Gasteiger partial charge in [0.1, 0.15) is 0 Å². The van der Waals surface area contributed by atoms with Gasteiger partial charge in [0.05, 0.1) is 12.3 Å². The molecule has 1 aliphatic carbocycles. The molecule has 2 N–H and O–H groups in total. The highest BCUT2D eigenvalue weighted by molar-refractivity contribution is 6.01. The Kier molecular flexibility index (Phi) is 4.06. The Labute approximate surface area is 124 Å². The molecule has 0 radical (unpaired) electrons. The summed E-state index contributed by atoms with van der Waals surface area (Å²) in [5.74, 6) is 0.606. The number of rotatable bonds is 5. The standard InChI is InChI=1S/C17H20N2O2/c20-11-10-19(12-13-8-9-13)17(21)18-16-7-3-5-14-4-1-2-6-15(14)16/h1-7,13,20H,8-12H2,(H,18,21). The third-order valence-electron chi connectivity index (χ3n) is 3.86. The molecule has 2 aromatic rings. The molecule has 110 valence electrons. The molecule has 0 saturated heterocycles. The molecule has 1 fully saturated rings. The van der Waals surface area contributed by atoms with E-state index in [-0.39, 0.29) is 12.6 Å². The number of nitrogens with zero attached hydrogens (tertiary/aromatic N) is 1. The number of urea groups is 1. The maximum atomic E-state index is 12.4. The van der Waals surface area contributed by atoms with Crippen LogP contribution in [0.1, 0.15) is 12.8 Å². The summed E-state index contributed by atoms with van der Waals surface area (Å²) in [7, 11) is 0. The minimum absolute atomic E-state index is 0.00429. The Morgan fingerprint density at radius 1 is 1.19 bits per heavy atom. The third-order valence-corrected chi connectivity index (χ3v) is 3.86. The highest BCUT2D eigenvalue weighted by atomic mass is 16.3. The van der Waals surface area contributed by atoms with Crippen molar-refractivity contribution >= 4 is 22.5 Å². The van der Waals surface area contributed by atoms with Crippen LogP contribution in [0.5, 0.6) is 0 Å². The number of carbonyl (C=O) groups excluding carboxylic acids is 1. The molecule has 0 aliphatic heterocycles. The molecule has 0 unspecified atom stereocenters. The van der Waals surface area contributed by atoms with E-state index in [0.29, 0.717) is 12.5 Å². The second-order valence-electron chi connectivity index (χ2n) is 5.57. The van der Waals surface area contributed by atoms with Crippen molar-refractivity contribution in [1.29, 1.82) is 0 Å². The Morgan fingerprint density at radius 3 is 2.71 bits per heavy atom. The van der Waals surface area contributed by atoms with Gasteiger partial charge in [0.15, 0.2) is 0 Å². The lowest BCUT2D eigenvalue weighted by molar-refractivity contribution is 0.185. The number of carbonyl (C=O) groups is 1. The van der Waals surface area contributed by atoms with E-state index in [2.05, 4.69) is 5.32 Å². The molecule has 1 aliphatic rings. The molecular formula is C17H20N2O2. The van der Waals surface area contributed by atoms with Crippen LogP contribution in [0.25, 0.3) is 10.8 Å². The summed E-state index contributed by atoms with van der Waals surface area (Å²) in [4.78, 5) is 14.1. The molecule has 0 bridgehead atoms. The van der Waals surface area contributed by atoms with Crippen molar-refractivity contribution < 1.29 is 9.90 Å². The lowest BCUT2D eigenvalue weighted by Gasteiger charge is -2.22. The summed E-state index contributed by atoms with van der Waals surface area (Å²) in [6.45, 7) is 1.11.